The first-order valence-corrected chi connectivity index (χ1v) is 5.92. The SMILES string of the molecule is CNc1ccccc1C(N)=NCc1ccccc1. The Kier molecular flexibility index (Phi) is 3.97. The third kappa shape index (κ3) is 2.88. The number of amidine groups is 1. The van der Waals surface area contributed by atoms with Crippen LogP contribution in [-0.4, -0.2) is 12.9 Å². The van der Waals surface area contributed by atoms with Gasteiger partial charge in [0, 0.05) is 18.3 Å². The van der Waals surface area contributed by atoms with Gasteiger partial charge in [0.25, 0.3) is 0 Å². The van der Waals surface area contributed by atoms with Crippen molar-refractivity contribution in [3.05, 3.63) is 65.7 Å². The predicted octanol–water partition coefficient (Wildman–Crippen LogP) is 2.63. The van der Waals surface area contributed by atoms with Crippen molar-refractivity contribution < 1.29 is 0 Å². The highest BCUT2D eigenvalue weighted by Gasteiger charge is 2.03. The number of benzene rings is 2. The molecule has 0 heterocycles. The van der Waals surface area contributed by atoms with E-state index in [2.05, 4.69) is 10.3 Å². The molecular weight excluding hydrogens is 222 g/mol. The van der Waals surface area contributed by atoms with Crippen molar-refractivity contribution >= 4 is 11.5 Å². The van der Waals surface area contributed by atoms with E-state index in [1.165, 1.54) is 0 Å². The molecule has 0 fully saturated rings. The van der Waals surface area contributed by atoms with E-state index in [4.69, 9.17) is 5.73 Å². The molecule has 0 aliphatic carbocycles. The predicted molar refractivity (Wildman–Crippen MR) is 76.9 cm³/mol. The highest BCUT2D eigenvalue weighted by molar-refractivity contribution is 6.02. The van der Waals surface area contributed by atoms with Gasteiger partial charge in [-0.15, -0.1) is 0 Å². The van der Waals surface area contributed by atoms with E-state index in [1.807, 2.05) is 61.6 Å². The molecule has 0 aromatic heterocycles. The van der Waals surface area contributed by atoms with Gasteiger partial charge in [-0.25, -0.2) is 0 Å². The number of rotatable bonds is 4. The van der Waals surface area contributed by atoms with Crippen LogP contribution in [0.1, 0.15) is 11.1 Å². The van der Waals surface area contributed by atoms with Gasteiger partial charge in [-0.2, -0.15) is 0 Å². The highest BCUT2D eigenvalue weighted by Crippen LogP contribution is 2.14. The number of nitrogens with zero attached hydrogens (tertiary/aromatic N) is 1. The maximum absolute atomic E-state index is 6.03. The molecule has 2 aromatic carbocycles. The van der Waals surface area contributed by atoms with Crippen molar-refractivity contribution in [2.24, 2.45) is 10.7 Å². The first kappa shape index (κ1) is 12.2. The van der Waals surface area contributed by atoms with Gasteiger partial charge in [0.2, 0.25) is 0 Å². The molecule has 3 heteroatoms. The number of hydrogen-bond donors (Lipinski definition) is 2. The van der Waals surface area contributed by atoms with Crippen LogP contribution in [0.25, 0.3) is 0 Å². The van der Waals surface area contributed by atoms with Crippen LogP contribution >= 0.6 is 0 Å². The molecule has 2 aromatic rings. The lowest BCUT2D eigenvalue weighted by molar-refractivity contribution is 1.06. The van der Waals surface area contributed by atoms with Crippen LogP contribution in [0.5, 0.6) is 0 Å². The maximum Gasteiger partial charge on any atom is 0.128 e. The quantitative estimate of drug-likeness (QED) is 0.636. The normalized spacial score (nSPS) is 11.3. The molecule has 0 saturated carbocycles. The van der Waals surface area contributed by atoms with Gasteiger partial charge in [0.05, 0.1) is 6.54 Å². The van der Waals surface area contributed by atoms with Crippen LogP contribution in [0.2, 0.25) is 0 Å². The van der Waals surface area contributed by atoms with Gasteiger partial charge in [0.15, 0.2) is 0 Å². The minimum Gasteiger partial charge on any atom is -0.388 e. The number of aliphatic imine (C=N–C) groups is 1. The van der Waals surface area contributed by atoms with Crippen LogP contribution in [0.3, 0.4) is 0 Å². The maximum atomic E-state index is 6.03. The number of hydrogen-bond acceptors (Lipinski definition) is 2. The summed E-state index contributed by atoms with van der Waals surface area (Å²) in [7, 11) is 1.88. The van der Waals surface area contributed by atoms with Gasteiger partial charge in [-0.1, -0.05) is 42.5 Å². The van der Waals surface area contributed by atoms with E-state index in [1.54, 1.807) is 0 Å². The zero-order valence-corrected chi connectivity index (χ0v) is 10.4. The number of nitrogens with one attached hydrogen (secondary N) is 1. The van der Waals surface area contributed by atoms with E-state index in [0.29, 0.717) is 12.4 Å². The van der Waals surface area contributed by atoms with Crippen LogP contribution in [0, 0.1) is 0 Å². The van der Waals surface area contributed by atoms with Crippen molar-refractivity contribution in [3.63, 3.8) is 0 Å². The summed E-state index contributed by atoms with van der Waals surface area (Å²) >= 11 is 0. The summed E-state index contributed by atoms with van der Waals surface area (Å²) in [6.07, 6.45) is 0. The summed E-state index contributed by atoms with van der Waals surface area (Å²) in [5.74, 6) is 0.559. The average Bonchev–Trinajstić information content (AvgIpc) is 2.45. The van der Waals surface area contributed by atoms with Crippen molar-refractivity contribution in [3.8, 4) is 0 Å². The Balaban J connectivity index is 2.18. The van der Waals surface area contributed by atoms with E-state index in [0.717, 1.165) is 16.8 Å². The summed E-state index contributed by atoms with van der Waals surface area (Å²) in [6.45, 7) is 0.602. The molecule has 0 spiro atoms. The third-order valence-corrected chi connectivity index (χ3v) is 2.75. The standard InChI is InChI=1S/C15H17N3/c1-17-14-10-6-5-9-13(14)15(16)18-11-12-7-3-2-4-8-12/h2-10,17H,11H2,1H3,(H2,16,18). The van der Waals surface area contributed by atoms with Crippen molar-refractivity contribution in [1.29, 1.82) is 0 Å². The van der Waals surface area contributed by atoms with Gasteiger partial charge in [-0.3, -0.25) is 4.99 Å². The number of anilines is 1. The summed E-state index contributed by atoms with van der Waals surface area (Å²) in [4.78, 5) is 4.43. The van der Waals surface area contributed by atoms with E-state index >= 15 is 0 Å². The molecule has 0 amide bonds. The largest absolute Gasteiger partial charge is 0.388 e. The molecule has 18 heavy (non-hydrogen) atoms. The van der Waals surface area contributed by atoms with E-state index < -0.39 is 0 Å². The minimum absolute atomic E-state index is 0.559. The molecule has 0 aliphatic rings. The molecule has 0 saturated heterocycles. The van der Waals surface area contributed by atoms with E-state index in [9.17, 15) is 0 Å². The third-order valence-electron chi connectivity index (χ3n) is 2.75. The summed E-state index contributed by atoms with van der Waals surface area (Å²) < 4.78 is 0. The Bertz CT molecular complexity index is 532. The van der Waals surface area contributed by atoms with Crippen LogP contribution in [-0.2, 0) is 6.54 Å². The molecule has 92 valence electrons. The summed E-state index contributed by atoms with van der Waals surface area (Å²) in [6, 6.07) is 18.0. The van der Waals surface area contributed by atoms with Gasteiger partial charge >= 0.3 is 0 Å². The number of nitrogens with two attached hydrogens (primary N) is 1. The lowest BCUT2D eigenvalue weighted by Crippen LogP contribution is -2.15. The van der Waals surface area contributed by atoms with Crippen molar-refractivity contribution in [2.45, 2.75) is 6.54 Å². The van der Waals surface area contributed by atoms with Crippen LogP contribution in [0.4, 0.5) is 5.69 Å². The number of para-hydroxylation sites is 1. The van der Waals surface area contributed by atoms with Crippen LogP contribution in [0.15, 0.2) is 59.6 Å². The van der Waals surface area contributed by atoms with Crippen molar-refractivity contribution in [1.82, 2.24) is 0 Å². The molecule has 3 nitrogen and oxygen atoms in total. The lowest BCUT2D eigenvalue weighted by atomic mass is 10.1. The van der Waals surface area contributed by atoms with Gasteiger partial charge in [0.1, 0.15) is 5.84 Å². The molecule has 2 rings (SSSR count). The second-order valence-electron chi connectivity index (χ2n) is 3.98. The zero-order valence-electron chi connectivity index (χ0n) is 10.4. The zero-order chi connectivity index (χ0) is 12.8. The molecule has 0 radical (unpaired) electrons. The fourth-order valence-electron chi connectivity index (χ4n) is 1.77. The Labute approximate surface area is 107 Å². The molecule has 3 N–H and O–H groups in total. The monoisotopic (exact) mass is 239 g/mol. The summed E-state index contributed by atoms with van der Waals surface area (Å²) in [5.41, 5.74) is 9.12. The Morgan fingerprint density at radius 3 is 2.44 bits per heavy atom. The average molecular weight is 239 g/mol. The fourth-order valence-corrected chi connectivity index (χ4v) is 1.77. The highest BCUT2D eigenvalue weighted by atomic mass is 14.9. The Hall–Kier alpha value is -2.29. The summed E-state index contributed by atoms with van der Waals surface area (Å²) in [5, 5.41) is 3.11. The van der Waals surface area contributed by atoms with Gasteiger partial charge < -0.3 is 11.1 Å². The van der Waals surface area contributed by atoms with Crippen LogP contribution < -0.4 is 11.1 Å². The molecule has 0 atom stereocenters. The molecule has 0 bridgehead atoms. The second kappa shape index (κ2) is 5.87. The fraction of sp³-hybridized carbons (Fsp3) is 0.133. The molecular formula is C15H17N3. The first-order valence-electron chi connectivity index (χ1n) is 5.92. The van der Waals surface area contributed by atoms with Crippen molar-refractivity contribution in [2.75, 3.05) is 12.4 Å². The smallest absolute Gasteiger partial charge is 0.128 e. The Morgan fingerprint density at radius 1 is 1.06 bits per heavy atom. The second-order valence-corrected chi connectivity index (χ2v) is 3.98. The first-order chi connectivity index (χ1) is 8.81. The molecule has 0 unspecified atom stereocenters. The van der Waals surface area contributed by atoms with Gasteiger partial charge in [-0.05, 0) is 17.7 Å². The Morgan fingerprint density at radius 2 is 1.72 bits per heavy atom. The molecule has 0 aliphatic heterocycles. The minimum atomic E-state index is 0.559. The topological polar surface area (TPSA) is 50.4 Å². The van der Waals surface area contributed by atoms with E-state index in [-0.39, 0.29) is 0 Å². The lowest BCUT2D eigenvalue weighted by Gasteiger charge is -2.08.